The smallest absolute Gasteiger partial charge is 0.247 e. The Bertz CT molecular complexity index is 1660. The van der Waals surface area contributed by atoms with Crippen molar-refractivity contribution >= 4 is 39.8 Å². The Balaban J connectivity index is 1.34. The Kier molecular flexibility index (Phi) is 6.84. The maximum Gasteiger partial charge on any atom is 0.247 e. The largest absolute Gasteiger partial charge is 0.494 e. The van der Waals surface area contributed by atoms with Crippen LogP contribution in [0.15, 0.2) is 61.3 Å². The van der Waals surface area contributed by atoms with Crippen molar-refractivity contribution in [2.45, 2.75) is 30.5 Å². The van der Waals surface area contributed by atoms with Crippen LogP contribution in [-0.4, -0.2) is 77.6 Å². The molecular weight excluding hydrogens is 535 g/mol. The van der Waals surface area contributed by atoms with Gasteiger partial charge in [0.25, 0.3) is 0 Å². The molecule has 0 unspecified atom stereocenters. The molecule has 218 valence electrons. The summed E-state index contributed by atoms with van der Waals surface area (Å²) >= 11 is 0. The van der Waals surface area contributed by atoms with Crippen molar-refractivity contribution in [1.82, 2.24) is 24.6 Å². The van der Waals surface area contributed by atoms with Crippen LogP contribution in [0.1, 0.15) is 19.3 Å². The van der Waals surface area contributed by atoms with Gasteiger partial charge in [-0.05, 0) is 38.4 Å². The number of rotatable bonds is 11. The quantitative estimate of drug-likeness (QED) is 0.244. The van der Waals surface area contributed by atoms with Gasteiger partial charge in [-0.1, -0.05) is 24.8 Å². The SMILES string of the molecule is C=CC(=O)Nc1cc(Nc2nccc(-c3nn(C45CC(F)(C4)C5)c4ccccc34)n2)c(OC)cc1N(C)CCN(C)C. The number of amides is 1. The first-order valence-corrected chi connectivity index (χ1v) is 13.9. The number of anilines is 4. The van der Waals surface area contributed by atoms with Crippen LogP contribution in [0, 0.1) is 0 Å². The van der Waals surface area contributed by atoms with Crippen LogP contribution in [0.3, 0.4) is 0 Å². The number of carbonyl (C=O) groups is 1. The molecular formula is C31H35FN8O2. The van der Waals surface area contributed by atoms with E-state index in [2.05, 4.69) is 32.0 Å². The van der Waals surface area contributed by atoms with Crippen LogP contribution in [0.4, 0.5) is 27.4 Å². The molecule has 3 fully saturated rings. The molecule has 2 aromatic carbocycles. The number of nitrogens with one attached hydrogen (secondary N) is 2. The Hall–Kier alpha value is -4.51. The summed E-state index contributed by atoms with van der Waals surface area (Å²) in [5.74, 6) is 0.578. The number of alkyl halides is 1. The van der Waals surface area contributed by atoms with Crippen molar-refractivity contribution in [2.75, 3.05) is 56.9 Å². The normalized spacial score (nSPS) is 20.5. The van der Waals surface area contributed by atoms with E-state index in [4.69, 9.17) is 14.8 Å². The molecule has 3 aliphatic carbocycles. The van der Waals surface area contributed by atoms with Crippen molar-refractivity contribution in [3.05, 3.63) is 61.3 Å². The van der Waals surface area contributed by atoms with Crippen LogP contribution in [0.2, 0.25) is 0 Å². The van der Waals surface area contributed by atoms with Gasteiger partial charge in [0.2, 0.25) is 11.9 Å². The van der Waals surface area contributed by atoms with Gasteiger partial charge in [-0.15, -0.1) is 0 Å². The number of carbonyl (C=O) groups excluding carboxylic acids is 1. The second kappa shape index (κ2) is 10.4. The van der Waals surface area contributed by atoms with E-state index in [9.17, 15) is 9.18 Å². The second-order valence-corrected chi connectivity index (χ2v) is 11.6. The van der Waals surface area contributed by atoms with Crippen LogP contribution >= 0.6 is 0 Å². The first-order valence-electron chi connectivity index (χ1n) is 13.9. The van der Waals surface area contributed by atoms with Crippen LogP contribution < -0.4 is 20.3 Å². The maximum absolute atomic E-state index is 14.4. The topological polar surface area (TPSA) is 100 Å². The summed E-state index contributed by atoms with van der Waals surface area (Å²) in [4.78, 5) is 25.7. The predicted molar refractivity (Wildman–Crippen MR) is 163 cm³/mol. The van der Waals surface area contributed by atoms with E-state index in [1.807, 2.05) is 62.2 Å². The number of hydrogen-bond acceptors (Lipinski definition) is 8. The van der Waals surface area contributed by atoms with Crippen molar-refractivity contribution in [3.63, 3.8) is 0 Å². The minimum atomic E-state index is -1.03. The lowest BCUT2D eigenvalue weighted by Gasteiger charge is -2.65. The molecule has 2 aromatic heterocycles. The molecule has 7 rings (SSSR count). The molecule has 0 aliphatic heterocycles. The standard InChI is InChI=1S/C31H35FN8O2/c1-6-27(41)34-22-15-23(26(42-5)16-25(22)39(4)14-13-38(2)3)36-29-33-12-11-21(35-29)28-20-9-7-8-10-24(20)40(37-28)31-17-30(32,18-31)19-31/h6-12,15-16H,1,13-14,17-19H2,2-5H3,(H,34,41)(H,33,35,36). The second-order valence-electron chi connectivity index (χ2n) is 11.6. The Morgan fingerprint density at radius 2 is 1.90 bits per heavy atom. The molecule has 0 saturated heterocycles. The molecule has 1 amide bonds. The van der Waals surface area contributed by atoms with Gasteiger partial charge in [0.15, 0.2) is 0 Å². The number of likely N-dealkylation sites (N-methyl/N-ethyl adjacent to an activating group) is 2. The highest BCUT2D eigenvalue weighted by Gasteiger charge is 2.71. The molecule has 2 heterocycles. The van der Waals surface area contributed by atoms with Gasteiger partial charge in [-0.25, -0.2) is 14.4 Å². The number of aromatic nitrogens is 4. The Morgan fingerprint density at radius 1 is 1.14 bits per heavy atom. The van der Waals surface area contributed by atoms with Gasteiger partial charge < -0.3 is 25.2 Å². The molecule has 42 heavy (non-hydrogen) atoms. The minimum absolute atomic E-state index is 0.248. The fourth-order valence-electron chi connectivity index (χ4n) is 6.03. The number of methoxy groups -OCH3 is 1. The van der Waals surface area contributed by atoms with E-state index in [1.54, 1.807) is 19.4 Å². The van der Waals surface area contributed by atoms with Crippen LogP contribution in [-0.2, 0) is 10.3 Å². The number of hydrogen-bond donors (Lipinski definition) is 2. The van der Waals surface area contributed by atoms with Gasteiger partial charge >= 0.3 is 0 Å². The van der Waals surface area contributed by atoms with Gasteiger partial charge in [0, 0.05) is 57.0 Å². The molecule has 0 atom stereocenters. The number of ether oxygens (including phenoxy) is 1. The lowest BCUT2D eigenvalue weighted by atomic mass is 9.47. The van der Waals surface area contributed by atoms with E-state index in [0.717, 1.165) is 35.4 Å². The van der Waals surface area contributed by atoms with E-state index in [-0.39, 0.29) is 11.4 Å². The fourth-order valence-corrected chi connectivity index (χ4v) is 6.03. The molecule has 0 radical (unpaired) electrons. The van der Waals surface area contributed by atoms with Crippen molar-refractivity contribution in [2.24, 2.45) is 0 Å². The summed E-state index contributed by atoms with van der Waals surface area (Å²) in [5, 5.41) is 12.1. The third kappa shape index (κ3) is 4.83. The zero-order valence-electron chi connectivity index (χ0n) is 24.3. The zero-order chi connectivity index (χ0) is 29.6. The van der Waals surface area contributed by atoms with E-state index in [1.165, 1.54) is 6.08 Å². The Morgan fingerprint density at radius 3 is 2.60 bits per heavy atom. The average Bonchev–Trinajstić information content (AvgIpc) is 3.33. The third-order valence-corrected chi connectivity index (χ3v) is 8.17. The predicted octanol–water partition coefficient (Wildman–Crippen LogP) is 4.97. The molecule has 4 aromatic rings. The fraction of sp³-hybridized carbons (Fsp3) is 0.355. The summed E-state index contributed by atoms with van der Waals surface area (Å²) in [6.45, 7) is 5.15. The van der Waals surface area contributed by atoms with Crippen molar-refractivity contribution in [1.29, 1.82) is 0 Å². The highest BCUT2D eigenvalue weighted by atomic mass is 19.1. The van der Waals surface area contributed by atoms with Gasteiger partial charge in [-0.3, -0.25) is 9.48 Å². The molecule has 10 nitrogen and oxygen atoms in total. The number of benzene rings is 2. The molecule has 2 N–H and O–H groups in total. The van der Waals surface area contributed by atoms with Crippen molar-refractivity contribution < 1.29 is 13.9 Å². The lowest BCUT2D eigenvalue weighted by molar-refractivity contribution is -0.201. The minimum Gasteiger partial charge on any atom is -0.494 e. The highest BCUT2D eigenvalue weighted by molar-refractivity contribution is 6.02. The molecule has 3 aliphatic rings. The number of para-hydroxylation sites is 1. The first kappa shape index (κ1) is 27.6. The molecule has 11 heteroatoms. The average molecular weight is 571 g/mol. The first-order chi connectivity index (χ1) is 20.1. The molecule has 2 bridgehead atoms. The van der Waals surface area contributed by atoms with E-state index >= 15 is 0 Å². The molecule has 0 spiro atoms. The van der Waals surface area contributed by atoms with E-state index in [0.29, 0.717) is 48.0 Å². The van der Waals surface area contributed by atoms with Crippen molar-refractivity contribution in [3.8, 4) is 17.1 Å². The summed E-state index contributed by atoms with van der Waals surface area (Å²) in [6, 6.07) is 13.5. The van der Waals surface area contributed by atoms with Crippen LogP contribution in [0.25, 0.3) is 22.3 Å². The van der Waals surface area contributed by atoms with Gasteiger partial charge in [0.1, 0.15) is 17.1 Å². The zero-order valence-corrected chi connectivity index (χ0v) is 24.3. The number of fused-ring (bicyclic) bond motifs is 1. The number of halogens is 1. The van der Waals surface area contributed by atoms with Gasteiger partial charge in [-0.2, -0.15) is 5.10 Å². The monoisotopic (exact) mass is 570 g/mol. The van der Waals surface area contributed by atoms with Crippen LogP contribution in [0.5, 0.6) is 5.75 Å². The summed E-state index contributed by atoms with van der Waals surface area (Å²) in [6.07, 6.45) is 4.43. The summed E-state index contributed by atoms with van der Waals surface area (Å²) < 4.78 is 22.1. The highest BCUT2D eigenvalue weighted by Crippen LogP contribution is 2.68. The number of nitrogens with zero attached hydrogens (tertiary/aromatic N) is 6. The van der Waals surface area contributed by atoms with Gasteiger partial charge in [0.05, 0.1) is 40.9 Å². The lowest BCUT2D eigenvalue weighted by Crippen LogP contribution is -2.70. The summed E-state index contributed by atoms with van der Waals surface area (Å²) in [5.41, 5.74) is 3.03. The third-order valence-electron chi connectivity index (χ3n) is 8.17. The molecule has 3 saturated carbocycles. The maximum atomic E-state index is 14.4. The Labute approximate surface area is 244 Å². The summed E-state index contributed by atoms with van der Waals surface area (Å²) in [7, 11) is 7.58. The van der Waals surface area contributed by atoms with E-state index < -0.39 is 5.67 Å².